The van der Waals surface area contributed by atoms with Gasteiger partial charge in [-0.1, -0.05) is 24.1 Å². The smallest absolute Gasteiger partial charge is 0.253 e. The van der Waals surface area contributed by atoms with Crippen molar-refractivity contribution >= 4 is 16.8 Å². The molecule has 0 spiro atoms. The number of para-hydroxylation sites is 1. The molecule has 1 aromatic carbocycles. The number of hydrogen-bond acceptors (Lipinski definition) is 2. The number of rotatable bonds is 2. The van der Waals surface area contributed by atoms with Crippen LogP contribution in [0.1, 0.15) is 28.0 Å². The van der Waals surface area contributed by atoms with Gasteiger partial charge < -0.3 is 5.32 Å². The lowest BCUT2D eigenvalue weighted by molar-refractivity contribution is 0.0959. The van der Waals surface area contributed by atoms with E-state index < -0.39 is 0 Å². The Balaban J connectivity index is 2.21. The predicted octanol–water partition coefficient (Wildman–Crippen LogP) is 2.09. The number of nitrogens with one attached hydrogen (secondary N) is 1. The molecule has 1 N–H and O–H groups in total. The number of nitrogens with zero attached hydrogens (tertiary/aromatic N) is 1. The molecule has 19 heavy (non-hydrogen) atoms. The van der Waals surface area contributed by atoms with E-state index in [-0.39, 0.29) is 12.5 Å². The molecule has 1 aliphatic carbocycles. The largest absolute Gasteiger partial charge is 0.341 e. The molecule has 0 atom stereocenters. The molecule has 0 saturated carbocycles. The monoisotopic (exact) mass is 250 g/mol. The van der Waals surface area contributed by atoms with Gasteiger partial charge in [-0.05, 0) is 30.9 Å². The fourth-order valence-electron chi connectivity index (χ4n) is 2.69. The molecule has 0 radical (unpaired) electrons. The van der Waals surface area contributed by atoms with Gasteiger partial charge in [0.15, 0.2) is 0 Å². The highest BCUT2D eigenvalue weighted by atomic mass is 16.1. The average Bonchev–Trinajstić information content (AvgIpc) is 2.89. The van der Waals surface area contributed by atoms with Crippen molar-refractivity contribution < 1.29 is 4.79 Å². The van der Waals surface area contributed by atoms with E-state index in [2.05, 4.69) is 16.2 Å². The summed E-state index contributed by atoms with van der Waals surface area (Å²) in [4.78, 5) is 17.0. The summed E-state index contributed by atoms with van der Waals surface area (Å²) in [6.45, 7) is 0.254. The molecule has 0 saturated heterocycles. The van der Waals surface area contributed by atoms with Crippen LogP contribution in [0.3, 0.4) is 0 Å². The van der Waals surface area contributed by atoms with E-state index in [9.17, 15) is 4.79 Å². The molecule has 1 amide bonds. The molecular formula is C16H14N2O. The Bertz CT molecular complexity index is 698. The zero-order chi connectivity index (χ0) is 13.2. The third-order valence-electron chi connectivity index (χ3n) is 3.50. The van der Waals surface area contributed by atoms with Gasteiger partial charge in [-0.3, -0.25) is 9.78 Å². The summed E-state index contributed by atoms with van der Waals surface area (Å²) in [5.74, 6) is 2.35. The van der Waals surface area contributed by atoms with Crippen LogP contribution in [0.15, 0.2) is 24.3 Å². The number of amides is 1. The Kier molecular flexibility index (Phi) is 2.92. The van der Waals surface area contributed by atoms with Gasteiger partial charge in [0.05, 0.1) is 17.6 Å². The first-order valence-corrected chi connectivity index (χ1v) is 6.43. The standard InChI is InChI=1S/C16H14N2O/c1-2-10-17-16(19)15-11-6-3-4-8-13(11)18-14-9-5-7-12(14)15/h1,3-4,6,8H,5,7,9-10H2,(H,17,19). The summed E-state index contributed by atoms with van der Waals surface area (Å²) in [5, 5.41) is 3.68. The Morgan fingerprint density at radius 1 is 1.37 bits per heavy atom. The number of carbonyl (C=O) groups is 1. The lowest BCUT2D eigenvalue weighted by atomic mass is 10.0. The van der Waals surface area contributed by atoms with Crippen LogP contribution < -0.4 is 5.32 Å². The van der Waals surface area contributed by atoms with Gasteiger partial charge in [0.25, 0.3) is 5.91 Å². The summed E-state index contributed by atoms with van der Waals surface area (Å²) in [6.07, 6.45) is 8.14. The number of fused-ring (bicyclic) bond motifs is 2. The van der Waals surface area contributed by atoms with E-state index in [0.29, 0.717) is 0 Å². The van der Waals surface area contributed by atoms with Crippen LogP contribution in [0.25, 0.3) is 10.9 Å². The van der Waals surface area contributed by atoms with Crippen LogP contribution >= 0.6 is 0 Å². The van der Waals surface area contributed by atoms with Crippen molar-refractivity contribution in [3.05, 3.63) is 41.1 Å². The second-order valence-electron chi connectivity index (χ2n) is 4.67. The number of carbonyl (C=O) groups excluding carboxylic acids is 1. The van der Waals surface area contributed by atoms with Gasteiger partial charge in [0.2, 0.25) is 0 Å². The third kappa shape index (κ3) is 1.96. The first kappa shape index (κ1) is 11.7. The molecule has 3 nitrogen and oxygen atoms in total. The highest BCUT2D eigenvalue weighted by molar-refractivity contribution is 6.07. The number of benzene rings is 1. The number of hydrogen-bond donors (Lipinski definition) is 1. The Morgan fingerprint density at radius 3 is 3.05 bits per heavy atom. The third-order valence-corrected chi connectivity index (χ3v) is 3.50. The maximum Gasteiger partial charge on any atom is 0.253 e. The van der Waals surface area contributed by atoms with Gasteiger partial charge in [-0.2, -0.15) is 0 Å². The lowest BCUT2D eigenvalue weighted by Crippen LogP contribution is -2.25. The molecule has 1 aliphatic rings. The number of pyridine rings is 1. The van der Waals surface area contributed by atoms with Gasteiger partial charge >= 0.3 is 0 Å². The minimum absolute atomic E-state index is 0.0882. The van der Waals surface area contributed by atoms with E-state index in [0.717, 1.165) is 47.0 Å². The SMILES string of the molecule is C#CCNC(=O)c1c2c(nc3ccccc13)CCC2. The molecule has 1 heterocycles. The Hall–Kier alpha value is -2.34. The summed E-state index contributed by atoms with van der Waals surface area (Å²) in [5.41, 5.74) is 3.79. The first-order valence-electron chi connectivity index (χ1n) is 6.43. The number of aromatic nitrogens is 1. The number of terminal acetylenes is 1. The second-order valence-corrected chi connectivity index (χ2v) is 4.67. The molecule has 0 unspecified atom stereocenters. The average molecular weight is 250 g/mol. The van der Waals surface area contributed by atoms with Crippen molar-refractivity contribution in [2.45, 2.75) is 19.3 Å². The van der Waals surface area contributed by atoms with Crippen LogP contribution in [-0.4, -0.2) is 17.4 Å². The van der Waals surface area contributed by atoms with E-state index in [1.807, 2.05) is 24.3 Å². The highest BCUT2D eigenvalue weighted by Gasteiger charge is 2.23. The fourth-order valence-corrected chi connectivity index (χ4v) is 2.69. The zero-order valence-corrected chi connectivity index (χ0v) is 10.6. The van der Waals surface area contributed by atoms with Crippen LogP contribution in [-0.2, 0) is 12.8 Å². The van der Waals surface area contributed by atoms with Crippen molar-refractivity contribution in [3.8, 4) is 12.3 Å². The summed E-state index contributed by atoms with van der Waals surface area (Å²) < 4.78 is 0. The van der Waals surface area contributed by atoms with E-state index in [1.54, 1.807) is 0 Å². The van der Waals surface area contributed by atoms with Crippen molar-refractivity contribution in [3.63, 3.8) is 0 Å². The van der Waals surface area contributed by atoms with E-state index >= 15 is 0 Å². The van der Waals surface area contributed by atoms with Crippen molar-refractivity contribution in [1.29, 1.82) is 0 Å². The quantitative estimate of drug-likeness (QED) is 0.829. The van der Waals surface area contributed by atoms with Crippen LogP contribution in [0.5, 0.6) is 0 Å². The second kappa shape index (κ2) is 4.74. The minimum atomic E-state index is -0.0882. The molecule has 1 aromatic heterocycles. The molecule has 0 fully saturated rings. The van der Waals surface area contributed by atoms with E-state index in [1.165, 1.54) is 0 Å². The highest BCUT2D eigenvalue weighted by Crippen LogP contribution is 2.29. The summed E-state index contributed by atoms with van der Waals surface area (Å²) >= 11 is 0. The van der Waals surface area contributed by atoms with Crippen LogP contribution in [0.2, 0.25) is 0 Å². The van der Waals surface area contributed by atoms with Crippen molar-refractivity contribution in [2.24, 2.45) is 0 Å². The molecular weight excluding hydrogens is 236 g/mol. The Labute approximate surface area is 112 Å². The molecule has 3 heteroatoms. The molecule has 3 rings (SSSR count). The molecule has 0 aliphatic heterocycles. The molecule has 2 aromatic rings. The normalized spacial score (nSPS) is 13.0. The maximum absolute atomic E-state index is 12.3. The van der Waals surface area contributed by atoms with Crippen molar-refractivity contribution in [2.75, 3.05) is 6.54 Å². The van der Waals surface area contributed by atoms with Crippen LogP contribution in [0.4, 0.5) is 0 Å². The van der Waals surface area contributed by atoms with E-state index in [4.69, 9.17) is 6.42 Å². The minimum Gasteiger partial charge on any atom is -0.341 e. The Morgan fingerprint density at radius 2 is 2.21 bits per heavy atom. The summed E-state index contributed by atoms with van der Waals surface area (Å²) in [7, 11) is 0. The topological polar surface area (TPSA) is 42.0 Å². The molecule has 0 bridgehead atoms. The van der Waals surface area contributed by atoms with Gasteiger partial charge in [0, 0.05) is 11.1 Å². The number of aryl methyl sites for hydroxylation is 1. The van der Waals surface area contributed by atoms with Crippen molar-refractivity contribution in [1.82, 2.24) is 10.3 Å². The molecule has 94 valence electrons. The van der Waals surface area contributed by atoms with Gasteiger partial charge in [-0.25, -0.2) is 0 Å². The maximum atomic E-state index is 12.3. The predicted molar refractivity (Wildman–Crippen MR) is 74.9 cm³/mol. The zero-order valence-electron chi connectivity index (χ0n) is 10.6. The van der Waals surface area contributed by atoms with Gasteiger partial charge in [0.1, 0.15) is 0 Å². The van der Waals surface area contributed by atoms with Crippen LogP contribution in [0, 0.1) is 12.3 Å². The fraction of sp³-hybridized carbons (Fsp3) is 0.250. The van der Waals surface area contributed by atoms with Gasteiger partial charge in [-0.15, -0.1) is 6.42 Å². The first-order chi connectivity index (χ1) is 9.31. The summed E-state index contributed by atoms with van der Waals surface area (Å²) in [6, 6.07) is 7.78. The lowest BCUT2D eigenvalue weighted by Gasteiger charge is -2.11.